The normalized spacial score (nSPS) is 19.2. The third-order valence-electron chi connectivity index (χ3n) is 6.22. The summed E-state index contributed by atoms with van der Waals surface area (Å²) < 4.78 is 77.0. The Hall–Kier alpha value is -2.79. The molecule has 1 amide bonds. The second-order valence-corrected chi connectivity index (χ2v) is 12.5. The van der Waals surface area contributed by atoms with Crippen molar-refractivity contribution in [3.8, 4) is 6.07 Å². The summed E-state index contributed by atoms with van der Waals surface area (Å²) in [5.74, 6) is -2.31. The zero-order valence-electron chi connectivity index (χ0n) is 21.8. The van der Waals surface area contributed by atoms with Gasteiger partial charge in [0.15, 0.2) is 0 Å². The van der Waals surface area contributed by atoms with Gasteiger partial charge in [-0.15, -0.1) is 11.8 Å². The zero-order chi connectivity index (χ0) is 28.8. The topological polar surface area (TPSA) is 112 Å². The van der Waals surface area contributed by atoms with Crippen molar-refractivity contribution >= 4 is 33.4 Å². The van der Waals surface area contributed by atoms with Crippen molar-refractivity contribution in [2.75, 3.05) is 38.3 Å². The Kier molecular flexibility index (Phi) is 10.3. The number of sulfonamides is 1. The molecule has 1 fully saturated rings. The Balaban J connectivity index is 1.85. The van der Waals surface area contributed by atoms with Crippen LogP contribution >= 0.6 is 11.8 Å². The molecule has 1 heterocycles. The van der Waals surface area contributed by atoms with Crippen LogP contribution in [0, 0.1) is 23.0 Å². The van der Waals surface area contributed by atoms with Crippen LogP contribution in [0.4, 0.5) is 18.9 Å². The number of hydrogen-bond donors (Lipinski definition) is 2. The molecular formula is C26H31F3N4O4S2. The summed E-state index contributed by atoms with van der Waals surface area (Å²) in [5.41, 5.74) is -2.09. The van der Waals surface area contributed by atoms with Crippen molar-refractivity contribution in [2.24, 2.45) is 0 Å². The highest BCUT2D eigenvalue weighted by Crippen LogP contribution is 2.29. The van der Waals surface area contributed by atoms with Crippen molar-refractivity contribution in [1.29, 1.82) is 5.26 Å². The minimum atomic E-state index is -4.54. The van der Waals surface area contributed by atoms with Crippen LogP contribution in [0.15, 0.2) is 46.2 Å². The number of halogens is 3. The van der Waals surface area contributed by atoms with E-state index in [1.165, 1.54) is 43.0 Å². The second-order valence-electron chi connectivity index (χ2n) is 9.70. The Morgan fingerprint density at radius 2 is 1.92 bits per heavy atom. The molecule has 2 aromatic carbocycles. The van der Waals surface area contributed by atoms with Gasteiger partial charge in [0.05, 0.1) is 22.2 Å². The Labute approximate surface area is 230 Å². The first-order chi connectivity index (χ1) is 18.3. The van der Waals surface area contributed by atoms with Crippen molar-refractivity contribution in [1.82, 2.24) is 9.62 Å². The number of thioether (sulfide) groups is 1. The van der Waals surface area contributed by atoms with Gasteiger partial charge < -0.3 is 15.0 Å². The largest absolute Gasteiger partial charge is 0.375 e. The maximum atomic E-state index is 15.3. The van der Waals surface area contributed by atoms with Gasteiger partial charge in [0, 0.05) is 23.8 Å². The fourth-order valence-corrected chi connectivity index (χ4v) is 6.09. The number of ether oxygens (including phenoxy) is 1. The summed E-state index contributed by atoms with van der Waals surface area (Å²) in [6.07, 6.45) is 0.252. The van der Waals surface area contributed by atoms with Crippen LogP contribution in [0.1, 0.15) is 31.7 Å². The number of alkyl halides is 1. The number of nitriles is 1. The lowest BCUT2D eigenvalue weighted by Crippen LogP contribution is -2.50. The minimum Gasteiger partial charge on any atom is -0.375 e. The van der Waals surface area contributed by atoms with Gasteiger partial charge in [-0.3, -0.25) is 4.79 Å². The molecule has 0 radical (unpaired) electrons. The van der Waals surface area contributed by atoms with Gasteiger partial charge >= 0.3 is 0 Å². The maximum absolute atomic E-state index is 15.3. The Bertz CT molecular complexity index is 1310. The Morgan fingerprint density at radius 3 is 2.51 bits per heavy atom. The summed E-state index contributed by atoms with van der Waals surface area (Å²) in [5, 5.41) is 12.4. The smallest absolute Gasteiger partial charge is 0.265 e. The molecule has 0 unspecified atom stereocenters. The van der Waals surface area contributed by atoms with E-state index in [1.807, 2.05) is 4.72 Å². The number of carbonyl (C=O) groups is 1. The summed E-state index contributed by atoms with van der Waals surface area (Å²) in [6, 6.07) is 7.96. The SMILES string of the molecule is CN(C)C[C@H](F)[C@H](CSc1ccc(F)cc1)Nc1c(F)cc(S(=O)(=O)NC(=O)[C@@]2(C)CCCCO2)cc1C#N. The number of carbonyl (C=O) groups excluding carboxylic acids is 1. The molecule has 1 saturated heterocycles. The minimum absolute atomic E-state index is 0.00944. The molecule has 13 heteroatoms. The van der Waals surface area contributed by atoms with E-state index in [9.17, 15) is 22.9 Å². The van der Waals surface area contributed by atoms with Gasteiger partial charge in [0.2, 0.25) is 0 Å². The molecule has 1 aliphatic heterocycles. The molecule has 2 N–H and O–H groups in total. The highest BCUT2D eigenvalue weighted by molar-refractivity contribution is 7.99. The van der Waals surface area contributed by atoms with Crippen LogP contribution < -0.4 is 10.0 Å². The van der Waals surface area contributed by atoms with E-state index in [4.69, 9.17) is 4.74 Å². The van der Waals surface area contributed by atoms with Gasteiger partial charge in [-0.2, -0.15) is 5.26 Å². The van der Waals surface area contributed by atoms with E-state index >= 15 is 8.78 Å². The highest BCUT2D eigenvalue weighted by Gasteiger charge is 2.38. The average Bonchev–Trinajstić information content (AvgIpc) is 2.87. The van der Waals surface area contributed by atoms with Crippen molar-refractivity contribution in [2.45, 2.75) is 53.8 Å². The third-order valence-corrected chi connectivity index (χ3v) is 8.66. The molecule has 2 aromatic rings. The van der Waals surface area contributed by atoms with E-state index in [0.29, 0.717) is 30.4 Å². The first kappa shape index (κ1) is 30.7. The summed E-state index contributed by atoms with van der Waals surface area (Å²) in [4.78, 5) is 14.3. The molecule has 0 aliphatic carbocycles. The third kappa shape index (κ3) is 8.11. The number of hydrogen-bond acceptors (Lipinski definition) is 8. The lowest BCUT2D eigenvalue weighted by molar-refractivity contribution is -0.148. The lowest BCUT2D eigenvalue weighted by Gasteiger charge is -2.32. The summed E-state index contributed by atoms with van der Waals surface area (Å²) in [7, 11) is -1.20. The van der Waals surface area contributed by atoms with Crippen LogP contribution in [0.3, 0.4) is 0 Å². The monoisotopic (exact) mass is 584 g/mol. The molecule has 0 saturated carbocycles. The van der Waals surface area contributed by atoms with E-state index in [2.05, 4.69) is 5.32 Å². The van der Waals surface area contributed by atoms with Crippen molar-refractivity contribution < 1.29 is 31.1 Å². The first-order valence-electron chi connectivity index (χ1n) is 12.2. The number of amides is 1. The number of nitrogens with zero attached hydrogens (tertiary/aromatic N) is 2. The second kappa shape index (κ2) is 13.0. The lowest BCUT2D eigenvalue weighted by atomic mass is 9.95. The van der Waals surface area contributed by atoms with Crippen molar-refractivity contribution in [3.63, 3.8) is 0 Å². The van der Waals surface area contributed by atoms with Crippen LogP contribution in [0.5, 0.6) is 0 Å². The molecule has 3 atom stereocenters. The molecular weight excluding hydrogens is 553 g/mol. The van der Waals surface area contributed by atoms with E-state index in [0.717, 1.165) is 12.5 Å². The average molecular weight is 585 g/mol. The quantitative estimate of drug-likeness (QED) is 0.381. The number of benzene rings is 2. The van der Waals surface area contributed by atoms with Crippen LogP contribution in [0.2, 0.25) is 0 Å². The molecule has 8 nitrogen and oxygen atoms in total. The molecule has 0 bridgehead atoms. The van der Waals surface area contributed by atoms with Gasteiger partial charge in [-0.25, -0.2) is 26.3 Å². The summed E-state index contributed by atoms with van der Waals surface area (Å²) in [6.45, 7) is 1.78. The predicted octanol–water partition coefficient (Wildman–Crippen LogP) is 4.07. The van der Waals surface area contributed by atoms with Gasteiger partial charge in [-0.05, 0) is 76.7 Å². The highest BCUT2D eigenvalue weighted by atomic mass is 32.2. The Morgan fingerprint density at radius 1 is 1.23 bits per heavy atom. The van der Waals surface area contributed by atoms with Crippen LogP contribution in [-0.4, -0.2) is 70.0 Å². The van der Waals surface area contributed by atoms with E-state index < -0.39 is 50.3 Å². The summed E-state index contributed by atoms with van der Waals surface area (Å²) >= 11 is 1.21. The molecule has 212 valence electrons. The molecule has 0 spiro atoms. The van der Waals surface area contributed by atoms with E-state index in [-0.39, 0.29) is 23.5 Å². The number of rotatable bonds is 11. The number of nitrogens with one attached hydrogen (secondary N) is 2. The maximum Gasteiger partial charge on any atom is 0.265 e. The molecule has 1 aliphatic rings. The van der Waals surface area contributed by atoms with Gasteiger partial charge in [0.1, 0.15) is 29.5 Å². The van der Waals surface area contributed by atoms with Crippen LogP contribution in [-0.2, 0) is 19.6 Å². The zero-order valence-corrected chi connectivity index (χ0v) is 23.5. The standard InChI is InChI=1S/C26H31F3N4O4S2/c1-26(10-4-5-11-37-26)25(34)32-39(35,36)20-12-17(14-30)24(21(28)13-20)31-23(22(29)15-33(2)3)16-38-19-8-6-18(27)7-9-19/h6-9,12-13,22-23,31H,4-5,10-11,15-16H2,1-3H3,(H,32,34)/t22-,23-,26+/m0/s1. The van der Waals surface area contributed by atoms with Gasteiger partial charge in [-0.1, -0.05) is 0 Å². The van der Waals surface area contributed by atoms with E-state index in [1.54, 1.807) is 25.1 Å². The van der Waals surface area contributed by atoms with Gasteiger partial charge in [0.25, 0.3) is 15.9 Å². The predicted molar refractivity (Wildman–Crippen MR) is 143 cm³/mol. The van der Waals surface area contributed by atoms with Crippen LogP contribution in [0.25, 0.3) is 0 Å². The molecule has 0 aromatic heterocycles. The first-order valence-corrected chi connectivity index (χ1v) is 14.7. The van der Waals surface area contributed by atoms with Crippen molar-refractivity contribution in [3.05, 3.63) is 53.6 Å². The number of anilines is 1. The molecule has 39 heavy (non-hydrogen) atoms. The molecule has 3 rings (SSSR count). The fourth-order valence-electron chi connectivity index (χ4n) is 3.99. The fraction of sp³-hybridized carbons (Fsp3) is 0.462.